The fourth-order valence-corrected chi connectivity index (χ4v) is 4.44. The van der Waals surface area contributed by atoms with E-state index in [-0.39, 0.29) is 35.1 Å². The van der Waals surface area contributed by atoms with Crippen molar-refractivity contribution in [1.82, 2.24) is 10.6 Å². The summed E-state index contributed by atoms with van der Waals surface area (Å²) in [5.41, 5.74) is 2.44. The molecule has 1 fully saturated rings. The van der Waals surface area contributed by atoms with Crippen molar-refractivity contribution in [3.8, 4) is 0 Å². The van der Waals surface area contributed by atoms with Crippen LogP contribution in [0.5, 0.6) is 0 Å². The highest BCUT2D eigenvalue weighted by Crippen LogP contribution is 2.45. The molecule has 0 aliphatic heterocycles. The second kappa shape index (κ2) is 9.75. The van der Waals surface area contributed by atoms with E-state index in [0.29, 0.717) is 13.1 Å². The van der Waals surface area contributed by atoms with Crippen LogP contribution >= 0.6 is 24.0 Å². The molecular weight excluding hydrogens is 449 g/mol. The van der Waals surface area contributed by atoms with Gasteiger partial charge in [0.25, 0.3) is 0 Å². The number of hydrogen-bond acceptors (Lipinski definition) is 3. The lowest BCUT2D eigenvalue weighted by Gasteiger charge is -2.18. The van der Waals surface area contributed by atoms with Gasteiger partial charge in [-0.2, -0.15) is 0 Å². The summed E-state index contributed by atoms with van der Waals surface area (Å²) < 4.78 is 23.1. The molecule has 1 aliphatic rings. The summed E-state index contributed by atoms with van der Waals surface area (Å²) in [6.07, 6.45) is 4.23. The quantitative estimate of drug-likeness (QED) is 0.342. The summed E-state index contributed by atoms with van der Waals surface area (Å²) in [5, 5.41) is 6.57. The Balaban J connectivity index is 0.00000312. The van der Waals surface area contributed by atoms with Crippen LogP contribution in [0.3, 0.4) is 0 Å². The molecule has 0 heterocycles. The van der Waals surface area contributed by atoms with E-state index in [0.717, 1.165) is 31.8 Å². The molecule has 0 amide bonds. The molecule has 5 nitrogen and oxygen atoms in total. The third kappa shape index (κ3) is 7.52. The number of sulfone groups is 1. The van der Waals surface area contributed by atoms with E-state index in [1.165, 1.54) is 17.4 Å². The van der Waals surface area contributed by atoms with Crippen molar-refractivity contribution in [1.29, 1.82) is 0 Å². The summed E-state index contributed by atoms with van der Waals surface area (Å²) >= 11 is 0. The van der Waals surface area contributed by atoms with Crippen molar-refractivity contribution in [2.75, 3.05) is 25.1 Å². The first-order valence-corrected chi connectivity index (χ1v) is 10.7. The van der Waals surface area contributed by atoms with E-state index in [1.54, 1.807) is 0 Å². The number of aryl methyl sites for hydroxylation is 1. The predicted octanol–water partition coefficient (Wildman–Crippen LogP) is 2.75. The largest absolute Gasteiger partial charge is 0.357 e. The van der Waals surface area contributed by atoms with Crippen molar-refractivity contribution in [2.45, 2.75) is 39.7 Å². The Morgan fingerprint density at radius 3 is 2.32 bits per heavy atom. The van der Waals surface area contributed by atoms with Gasteiger partial charge in [0.05, 0.1) is 12.3 Å². The summed E-state index contributed by atoms with van der Waals surface area (Å²) in [5.74, 6) is 1.01. The molecule has 0 bridgehead atoms. The summed E-state index contributed by atoms with van der Waals surface area (Å²) in [7, 11) is -2.94. The van der Waals surface area contributed by atoms with Gasteiger partial charge in [-0.1, -0.05) is 31.2 Å². The maximum absolute atomic E-state index is 11.6. The van der Waals surface area contributed by atoms with E-state index in [4.69, 9.17) is 0 Å². The molecule has 0 atom stereocenters. The number of hydrogen-bond donors (Lipinski definition) is 2. The zero-order chi connectivity index (χ0) is 17.6. The van der Waals surface area contributed by atoms with Crippen molar-refractivity contribution < 1.29 is 8.42 Å². The number of nitrogens with zero attached hydrogens (tertiary/aromatic N) is 1. The molecule has 1 aromatic carbocycles. The van der Waals surface area contributed by atoms with E-state index in [9.17, 15) is 8.42 Å². The highest BCUT2D eigenvalue weighted by molar-refractivity contribution is 14.0. The number of benzene rings is 1. The van der Waals surface area contributed by atoms with Crippen molar-refractivity contribution in [2.24, 2.45) is 10.4 Å². The monoisotopic (exact) mass is 479 g/mol. The fraction of sp³-hybridized carbons (Fsp3) is 0.611. The van der Waals surface area contributed by atoms with Crippen molar-refractivity contribution >= 4 is 39.8 Å². The Morgan fingerprint density at radius 1 is 1.16 bits per heavy atom. The molecule has 0 radical (unpaired) electrons. The van der Waals surface area contributed by atoms with E-state index < -0.39 is 9.84 Å². The maximum atomic E-state index is 11.6. The molecule has 142 valence electrons. The molecule has 7 heteroatoms. The minimum Gasteiger partial charge on any atom is -0.357 e. The maximum Gasteiger partial charge on any atom is 0.191 e. The summed E-state index contributed by atoms with van der Waals surface area (Å²) in [6.45, 7) is 6.23. The Kier molecular flexibility index (Phi) is 8.67. The highest BCUT2D eigenvalue weighted by atomic mass is 127. The van der Waals surface area contributed by atoms with Crippen molar-refractivity contribution in [3.63, 3.8) is 0 Å². The Labute approximate surface area is 169 Å². The summed E-state index contributed by atoms with van der Waals surface area (Å²) in [4.78, 5) is 4.66. The average Bonchev–Trinajstić information content (AvgIpc) is 3.28. The van der Waals surface area contributed by atoms with Gasteiger partial charge in [0.2, 0.25) is 0 Å². The van der Waals surface area contributed by atoms with Gasteiger partial charge in [-0.25, -0.2) is 13.4 Å². The zero-order valence-electron chi connectivity index (χ0n) is 15.3. The average molecular weight is 479 g/mol. The Morgan fingerprint density at radius 2 is 1.80 bits per heavy atom. The Hall–Kier alpha value is -0.830. The molecular formula is C18H30IN3O2S. The lowest BCUT2D eigenvalue weighted by Crippen LogP contribution is -2.41. The highest BCUT2D eigenvalue weighted by Gasteiger charge is 2.45. The molecule has 25 heavy (non-hydrogen) atoms. The van der Waals surface area contributed by atoms with Gasteiger partial charge in [0.15, 0.2) is 5.96 Å². The lowest BCUT2D eigenvalue weighted by atomic mass is 10.1. The molecule has 2 N–H and O–H groups in total. The van der Waals surface area contributed by atoms with Crippen LogP contribution in [-0.2, 0) is 22.8 Å². The number of guanidine groups is 1. The van der Waals surface area contributed by atoms with Crippen LogP contribution in [0.15, 0.2) is 29.3 Å². The van der Waals surface area contributed by atoms with Gasteiger partial charge in [-0.15, -0.1) is 24.0 Å². The zero-order valence-corrected chi connectivity index (χ0v) is 18.5. The second-order valence-electron chi connectivity index (χ2n) is 6.74. The fourth-order valence-electron chi connectivity index (χ4n) is 2.94. The van der Waals surface area contributed by atoms with Crippen LogP contribution in [-0.4, -0.2) is 39.5 Å². The molecule has 1 saturated carbocycles. The first kappa shape index (κ1) is 22.2. The normalized spacial score (nSPS) is 16.0. The molecule has 1 aromatic rings. The van der Waals surface area contributed by atoms with Crippen LogP contribution in [0.2, 0.25) is 0 Å². The lowest BCUT2D eigenvalue weighted by molar-refractivity contribution is 0.529. The molecule has 1 aliphatic carbocycles. The van der Waals surface area contributed by atoms with E-state index in [1.807, 2.05) is 13.0 Å². The number of aliphatic imine (C=N–C) groups is 1. The van der Waals surface area contributed by atoms with Gasteiger partial charge in [0.1, 0.15) is 9.84 Å². The standard InChI is InChI=1S/C18H29N3O2S.HI/c1-4-15-8-6-7-9-16(15)12-20-17(19-5-2)21-13-18(10-11-18)14-24(3,22)23;/h6-9H,4-5,10-14H2,1-3H3,(H2,19,20,21);1H. The Bertz CT molecular complexity index is 685. The van der Waals surface area contributed by atoms with Gasteiger partial charge >= 0.3 is 0 Å². The van der Waals surface area contributed by atoms with E-state index >= 15 is 0 Å². The summed E-state index contributed by atoms with van der Waals surface area (Å²) in [6, 6.07) is 8.33. The first-order chi connectivity index (χ1) is 11.4. The third-order valence-electron chi connectivity index (χ3n) is 4.41. The van der Waals surface area contributed by atoms with Gasteiger partial charge in [0, 0.05) is 24.8 Å². The molecule has 0 unspecified atom stereocenters. The number of rotatable bonds is 8. The topological polar surface area (TPSA) is 70.6 Å². The SMILES string of the molecule is CCNC(=NCc1ccccc1CC)NCC1(CS(C)(=O)=O)CC1.I. The number of halogens is 1. The molecule has 2 rings (SSSR count). The van der Waals surface area contributed by atoms with Crippen LogP contribution in [0.25, 0.3) is 0 Å². The minimum absolute atomic E-state index is 0. The second-order valence-corrected chi connectivity index (χ2v) is 8.88. The molecule has 0 spiro atoms. The van der Waals surface area contributed by atoms with Crippen molar-refractivity contribution in [3.05, 3.63) is 35.4 Å². The van der Waals surface area contributed by atoms with E-state index in [2.05, 4.69) is 40.7 Å². The predicted molar refractivity (Wildman–Crippen MR) is 115 cm³/mol. The third-order valence-corrected chi connectivity index (χ3v) is 5.54. The smallest absolute Gasteiger partial charge is 0.191 e. The molecule has 0 aromatic heterocycles. The van der Waals surface area contributed by atoms with Crippen LogP contribution < -0.4 is 10.6 Å². The van der Waals surface area contributed by atoms with Crippen LogP contribution in [0, 0.1) is 5.41 Å². The van der Waals surface area contributed by atoms with Gasteiger partial charge < -0.3 is 10.6 Å². The first-order valence-electron chi connectivity index (χ1n) is 8.64. The van der Waals surface area contributed by atoms with Crippen LogP contribution in [0.4, 0.5) is 0 Å². The van der Waals surface area contributed by atoms with Crippen LogP contribution in [0.1, 0.15) is 37.8 Å². The molecule has 0 saturated heterocycles. The minimum atomic E-state index is -2.94. The number of nitrogens with one attached hydrogen (secondary N) is 2. The van der Waals surface area contributed by atoms with Gasteiger partial charge in [-0.3, -0.25) is 0 Å². The van der Waals surface area contributed by atoms with Gasteiger partial charge in [-0.05, 0) is 37.3 Å².